The summed E-state index contributed by atoms with van der Waals surface area (Å²) in [7, 11) is 4.25. The highest BCUT2D eigenvalue weighted by Crippen LogP contribution is 2.45. The fourth-order valence-corrected chi connectivity index (χ4v) is 6.65. The highest BCUT2D eigenvalue weighted by Gasteiger charge is 2.37. The van der Waals surface area contributed by atoms with Gasteiger partial charge in [0.25, 0.3) is 0 Å². The van der Waals surface area contributed by atoms with Crippen molar-refractivity contribution in [1.82, 2.24) is 30.0 Å². The van der Waals surface area contributed by atoms with Crippen LogP contribution in [0.25, 0.3) is 10.9 Å². The predicted molar refractivity (Wildman–Crippen MR) is 156 cm³/mol. The molecule has 2 aromatic heterocycles. The average Bonchev–Trinajstić information content (AvgIpc) is 3.35. The lowest BCUT2D eigenvalue weighted by molar-refractivity contribution is -0.126. The zero-order chi connectivity index (χ0) is 27.4. The lowest BCUT2D eigenvalue weighted by Gasteiger charge is -2.44. The Morgan fingerprint density at radius 3 is 2.59 bits per heavy atom. The van der Waals surface area contributed by atoms with Crippen LogP contribution in [0.2, 0.25) is 5.02 Å². The minimum atomic E-state index is -0.00702. The number of carbonyl (C=O) groups excluding carboxylic acids is 1. The Labute approximate surface area is 234 Å². The summed E-state index contributed by atoms with van der Waals surface area (Å²) in [5.41, 5.74) is 5.62. The van der Waals surface area contributed by atoms with E-state index in [1.807, 2.05) is 11.1 Å². The number of hydrogen-bond donors (Lipinski definition) is 1. The van der Waals surface area contributed by atoms with Crippen LogP contribution < -0.4 is 9.80 Å². The summed E-state index contributed by atoms with van der Waals surface area (Å²) in [6, 6.07) is 2.59. The number of rotatable bonds is 5. The van der Waals surface area contributed by atoms with Gasteiger partial charge in [-0.1, -0.05) is 25.1 Å². The Hall–Kier alpha value is -3.17. The summed E-state index contributed by atoms with van der Waals surface area (Å²) in [5, 5.41) is 9.39. The van der Waals surface area contributed by atoms with Crippen molar-refractivity contribution in [2.24, 2.45) is 5.92 Å². The zero-order valence-electron chi connectivity index (χ0n) is 23.2. The Morgan fingerprint density at radius 1 is 1.15 bits per heavy atom. The number of piperazine rings is 1. The van der Waals surface area contributed by atoms with Gasteiger partial charge in [0.1, 0.15) is 5.82 Å². The molecule has 2 fully saturated rings. The fourth-order valence-electron chi connectivity index (χ4n) is 6.35. The largest absolute Gasteiger partial charge is 0.353 e. The number of nitrogens with one attached hydrogen (secondary N) is 1. The second kappa shape index (κ2) is 10.1. The third-order valence-electron chi connectivity index (χ3n) is 8.90. The number of aromatic amines is 1. The van der Waals surface area contributed by atoms with E-state index in [-0.39, 0.29) is 11.8 Å². The first-order chi connectivity index (χ1) is 18.7. The summed E-state index contributed by atoms with van der Waals surface area (Å²) in [6.45, 7) is 12.7. The van der Waals surface area contributed by atoms with Crippen LogP contribution >= 0.6 is 11.6 Å². The van der Waals surface area contributed by atoms with Gasteiger partial charge in [0.2, 0.25) is 11.9 Å². The highest BCUT2D eigenvalue weighted by atomic mass is 35.5. The Balaban J connectivity index is 1.38. The number of hydrogen-bond acceptors (Lipinski definition) is 7. The molecule has 0 bridgehead atoms. The molecule has 1 aromatic carbocycles. The number of halogens is 1. The fraction of sp³-hybridized carbons (Fsp3) is 0.517. The highest BCUT2D eigenvalue weighted by molar-refractivity contribution is 6.33. The van der Waals surface area contributed by atoms with Crippen molar-refractivity contribution in [2.45, 2.75) is 38.6 Å². The van der Waals surface area contributed by atoms with Crippen molar-refractivity contribution in [1.29, 1.82) is 0 Å². The maximum absolute atomic E-state index is 12.2. The van der Waals surface area contributed by atoms with Crippen molar-refractivity contribution >= 4 is 40.2 Å². The van der Waals surface area contributed by atoms with Crippen LogP contribution in [0.15, 0.2) is 24.9 Å². The molecule has 9 nitrogen and oxygen atoms in total. The second-order valence-corrected chi connectivity index (χ2v) is 11.9. The number of nitrogens with zero attached hydrogens (tertiary/aromatic N) is 7. The maximum atomic E-state index is 12.2. The molecular weight excluding hydrogens is 512 g/mol. The molecule has 0 unspecified atom stereocenters. The van der Waals surface area contributed by atoms with Crippen LogP contribution in [-0.4, -0.2) is 95.3 Å². The van der Waals surface area contributed by atoms with E-state index < -0.39 is 0 Å². The van der Waals surface area contributed by atoms with E-state index in [1.54, 1.807) is 0 Å². The molecule has 0 spiro atoms. The number of aromatic nitrogens is 4. The smallest absolute Gasteiger partial charge is 0.246 e. The molecule has 4 heterocycles. The summed E-state index contributed by atoms with van der Waals surface area (Å²) in [5.74, 6) is 2.42. The lowest BCUT2D eigenvalue weighted by Crippen LogP contribution is -2.58. The molecule has 3 aliphatic rings. The zero-order valence-corrected chi connectivity index (χ0v) is 24.0. The molecular formula is C29H37ClN8O. The van der Waals surface area contributed by atoms with E-state index in [0.717, 1.165) is 78.0 Å². The number of carbonyl (C=O) groups is 1. The summed E-state index contributed by atoms with van der Waals surface area (Å²) < 4.78 is 0. The molecule has 1 aliphatic carbocycles. The molecule has 0 radical (unpaired) electrons. The number of fused-ring (bicyclic) bond motifs is 2. The molecule has 1 N–H and O–H groups in total. The molecule has 10 heteroatoms. The normalized spacial score (nSPS) is 21.8. The Bertz CT molecular complexity index is 1420. The van der Waals surface area contributed by atoms with Gasteiger partial charge in [-0.25, -0.2) is 4.98 Å². The van der Waals surface area contributed by atoms with E-state index in [4.69, 9.17) is 21.6 Å². The molecule has 3 aromatic rings. The predicted octanol–water partition coefficient (Wildman–Crippen LogP) is 3.42. The first-order valence-corrected chi connectivity index (χ1v) is 14.2. The van der Waals surface area contributed by atoms with Gasteiger partial charge >= 0.3 is 0 Å². The number of H-pyrrole nitrogens is 1. The molecule has 6 rings (SSSR count). The van der Waals surface area contributed by atoms with Crippen molar-refractivity contribution in [3.63, 3.8) is 0 Å². The van der Waals surface area contributed by atoms with Crippen molar-refractivity contribution in [3.8, 4) is 0 Å². The molecule has 1 amide bonds. The van der Waals surface area contributed by atoms with Crippen molar-refractivity contribution in [3.05, 3.63) is 52.3 Å². The lowest BCUT2D eigenvalue weighted by atomic mass is 9.74. The molecule has 206 valence electrons. The molecule has 2 atom stereocenters. The molecule has 2 aliphatic heterocycles. The van der Waals surface area contributed by atoms with Crippen molar-refractivity contribution in [2.75, 3.05) is 63.2 Å². The number of aryl methyl sites for hydroxylation is 1. The van der Waals surface area contributed by atoms with Gasteiger partial charge in [0.05, 0.1) is 17.4 Å². The molecule has 2 saturated heterocycles. The SMILES string of the molecule is C=CC(=O)N1CCN(c2nc(N3CC(N(C)C)C3)nc3c2C[C@H](C)[C@@H](c2c(Cl)c(C)cc4[nH]ncc24)C3)CC1. The summed E-state index contributed by atoms with van der Waals surface area (Å²) >= 11 is 6.98. The van der Waals surface area contributed by atoms with Crippen LogP contribution in [0.5, 0.6) is 0 Å². The summed E-state index contributed by atoms with van der Waals surface area (Å²) in [4.78, 5) is 31.3. The van der Waals surface area contributed by atoms with Gasteiger partial charge in [-0.05, 0) is 69.0 Å². The Kier molecular flexibility index (Phi) is 6.75. The van der Waals surface area contributed by atoms with E-state index in [2.05, 4.69) is 65.5 Å². The van der Waals surface area contributed by atoms with Gasteiger partial charge in [-0.2, -0.15) is 10.1 Å². The number of anilines is 2. The topological polar surface area (TPSA) is 84.5 Å². The van der Waals surface area contributed by atoms with Crippen molar-refractivity contribution < 1.29 is 4.79 Å². The first-order valence-electron chi connectivity index (χ1n) is 13.8. The van der Waals surface area contributed by atoms with E-state index in [0.29, 0.717) is 25.0 Å². The standard InChI is InChI=1S/C29H37ClN8O/c1-6-25(39)36-7-9-37(10-8-36)28-21-11-17(2)20(26-22-14-31-34-24(22)12-18(3)27(26)30)13-23(21)32-29(33-28)38-15-19(16-38)35(4)5/h6,12,14,17,19-20H,1,7-11,13,15-16H2,2-5H3,(H,31,34)/t17-,20-/m0/s1. The first kappa shape index (κ1) is 26.1. The average molecular weight is 549 g/mol. The molecule has 0 saturated carbocycles. The Morgan fingerprint density at radius 2 is 1.90 bits per heavy atom. The van der Waals surface area contributed by atoms with Crippen LogP contribution in [-0.2, 0) is 17.6 Å². The van der Waals surface area contributed by atoms with Crippen LogP contribution in [0.4, 0.5) is 11.8 Å². The third-order valence-corrected chi connectivity index (χ3v) is 9.40. The second-order valence-electron chi connectivity index (χ2n) is 11.6. The number of amides is 1. The van der Waals surface area contributed by atoms with Gasteiger partial charge in [0, 0.05) is 61.3 Å². The van der Waals surface area contributed by atoms with Gasteiger partial charge in [-0.15, -0.1) is 0 Å². The maximum Gasteiger partial charge on any atom is 0.246 e. The minimum Gasteiger partial charge on any atom is -0.353 e. The quantitative estimate of drug-likeness (QED) is 0.489. The van der Waals surface area contributed by atoms with E-state index in [1.165, 1.54) is 17.2 Å². The molecule has 39 heavy (non-hydrogen) atoms. The monoisotopic (exact) mass is 548 g/mol. The minimum absolute atomic E-state index is 0.00702. The number of likely N-dealkylation sites (N-methyl/N-ethyl adjacent to an activating group) is 1. The number of benzene rings is 1. The third kappa shape index (κ3) is 4.55. The summed E-state index contributed by atoms with van der Waals surface area (Å²) in [6.07, 6.45) is 4.99. The van der Waals surface area contributed by atoms with Gasteiger partial charge < -0.3 is 19.6 Å². The van der Waals surface area contributed by atoms with E-state index in [9.17, 15) is 4.79 Å². The van der Waals surface area contributed by atoms with E-state index >= 15 is 0 Å². The van der Waals surface area contributed by atoms with Crippen LogP contribution in [0.3, 0.4) is 0 Å². The van der Waals surface area contributed by atoms with Gasteiger partial charge in [0.15, 0.2) is 0 Å². The van der Waals surface area contributed by atoms with Crippen LogP contribution in [0, 0.1) is 12.8 Å². The van der Waals surface area contributed by atoms with Crippen LogP contribution in [0.1, 0.15) is 35.2 Å². The van der Waals surface area contributed by atoms with Gasteiger partial charge in [-0.3, -0.25) is 9.89 Å².